The second kappa shape index (κ2) is 7.44. The molecule has 9 heteroatoms. The van der Waals surface area contributed by atoms with E-state index in [9.17, 15) is 4.79 Å². The second-order valence-electron chi connectivity index (χ2n) is 6.55. The Kier molecular flexibility index (Phi) is 4.49. The van der Waals surface area contributed by atoms with Crippen LogP contribution in [0.5, 0.6) is 11.5 Å². The Bertz CT molecular complexity index is 1130. The standard InChI is InChI=1S/C20H17N5O3S/c26-20(16-8-15(23-24-16)19-6-3-7-29-19)22-13-9-21-25(10-13)11-14-12-27-17-4-1-2-5-18(17)28-14/h1-10,14H,11-12H2,(H,22,26)(H,23,24)/t14-/m1/s1. The molecule has 1 aliphatic rings. The van der Waals surface area contributed by atoms with Crippen LogP contribution in [0.2, 0.25) is 0 Å². The Labute approximate surface area is 170 Å². The van der Waals surface area contributed by atoms with E-state index >= 15 is 0 Å². The van der Waals surface area contributed by atoms with E-state index < -0.39 is 0 Å². The third kappa shape index (κ3) is 3.72. The summed E-state index contributed by atoms with van der Waals surface area (Å²) < 4.78 is 13.4. The third-order valence-corrected chi connectivity index (χ3v) is 5.35. The molecule has 0 spiro atoms. The van der Waals surface area contributed by atoms with Crippen LogP contribution in [-0.2, 0) is 6.54 Å². The first-order valence-corrected chi connectivity index (χ1v) is 9.94. The molecule has 0 fully saturated rings. The van der Waals surface area contributed by atoms with Gasteiger partial charge in [0.05, 0.1) is 29.0 Å². The van der Waals surface area contributed by atoms with Crippen molar-refractivity contribution in [3.63, 3.8) is 0 Å². The summed E-state index contributed by atoms with van der Waals surface area (Å²) in [6.07, 6.45) is 3.20. The fourth-order valence-corrected chi connectivity index (χ4v) is 3.77. The van der Waals surface area contributed by atoms with E-state index in [0.29, 0.717) is 24.5 Å². The summed E-state index contributed by atoms with van der Waals surface area (Å²) in [5.74, 6) is 1.18. The number of benzene rings is 1. The molecule has 1 aliphatic heterocycles. The number of fused-ring (bicyclic) bond motifs is 1. The van der Waals surface area contributed by atoms with Crippen molar-refractivity contribution in [2.45, 2.75) is 12.6 Å². The monoisotopic (exact) mass is 407 g/mol. The molecule has 146 valence electrons. The number of aromatic nitrogens is 4. The molecule has 1 aromatic carbocycles. The number of aromatic amines is 1. The van der Waals surface area contributed by atoms with Gasteiger partial charge in [-0.25, -0.2) is 0 Å². The predicted octanol–water partition coefficient (Wildman–Crippen LogP) is 3.43. The second-order valence-corrected chi connectivity index (χ2v) is 7.49. The van der Waals surface area contributed by atoms with Crippen molar-refractivity contribution in [3.05, 3.63) is 65.9 Å². The van der Waals surface area contributed by atoms with Crippen LogP contribution in [0.4, 0.5) is 5.69 Å². The first kappa shape index (κ1) is 17.5. The van der Waals surface area contributed by atoms with Gasteiger partial charge in [0, 0.05) is 6.20 Å². The molecule has 2 N–H and O–H groups in total. The number of hydrogen-bond donors (Lipinski definition) is 2. The minimum atomic E-state index is -0.296. The molecule has 4 heterocycles. The average molecular weight is 407 g/mol. The number of nitrogens with one attached hydrogen (secondary N) is 2. The van der Waals surface area contributed by atoms with Crippen LogP contribution in [-0.4, -0.2) is 38.6 Å². The van der Waals surface area contributed by atoms with Gasteiger partial charge in [0.1, 0.15) is 6.61 Å². The van der Waals surface area contributed by atoms with E-state index in [2.05, 4.69) is 20.6 Å². The average Bonchev–Trinajstić information content (AvgIpc) is 3.49. The van der Waals surface area contributed by atoms with Crippen molar-refractivity contribution in [2.24, 2.45) is 0 Å². The number of amides is 1. The highest BCUT2D eigenvalue weighted by atomic mass is 32.1. The normalized spacial score (nSPS) is 15.2. The maximum atomic E-state index is 12.5. The number of ether oxygens (including phenoxy) is 2. The summed E-state index contributed by atoms with van der Waals surface area (Å²) >= 11 is 1.58. The van der Waals surface area contributed by atoms with Crippen LogP contribution < -0.4 is 14.8 Å². The van der Waals surface area contributed by atoms with Crippen molar-refractivity contribution >= 4 is 22.9 Å². The minimum absolute atomic E-state index is 0.159. The number of carbonyl (C=O) groups is 1. The molecular formula is C20H17N5O3S. The lowest BCUT2D eigenvalue weighted by atomic mass is 10.2. The number of rotatable bonds is 5. The van der Waals surface area contributed by atoms with Gasteiger partial charge in [0.15, 0.2) is 23.3 Å². The molecule has 4 aromatic rings. The minimum Gasteiger partial charge on any atom is -0.486 e. The summed E-state index contributed by atoms with van der Waals surface area (Å²) in [7, 11) is 0. The van der Waals surface area contributed by atoms with Gasteiger partial charge in [-0.1, -0.05) is 18.2 Å². The zero-order valence-corrected chi connectivity index (χ0v) is 16.1. The quantitative estimate of drug-likeness (QED) is 0.529. The molecule has 0 bridgehead atoms. The summed E-state index contributed by atoms with van der Waals surface area (Å²) in [5, 5.41) is 16.1. The van der Waals surface area contributed by atoms with Crippen LogP contribution in [0.3, 0.4) is 0 Å². The van der Waals surface area contributed by atoms with Crippen LogP contribution >= 0.6 is 11.3 Å². The number of nitrogens with zero attached hydrogens (tertiary/aromatic N) is 3. The first-order chi connectivity index (χ1) is 14.2. The Hall–Kier alpha value is -3.59. The van der Waals surface area contributed by atoms with Crippen molar-refractivity contribution in [1.82, 2.24) is 20.0 Å². The Morgan fingerprint density at radius 3 is 3.03 bits per heavy atom. The third-order valence-electron chi connectivity index (χ3n) is 4.45. The number of hydrogen-bond acceptors (Lipinski definition) is 6. The smallest absolute Gasteiger partial charge is 0.276 e. The number of para-hydroxylation sites is 2. The molecular weight excluding hydrogens is 390 g/mol. The number of H-pyrrole nitrogens is 1. The van der Waals surface area contributed by atoms with E-state index in [0.717, 1.165) is 22.1 Å². The van der Waals surface area contributed by atoms with Gasteiger partial charge >= 0.3 is 0 Å². The van der Waals surface area contributed by atoms with Gasteiger partial charge in [0.2, 0.25) is 0 Å². The topological polar surface area (TPSA) is 94.1 Å². The molecule has 0 saturated carbocycles. The predicted molar refractivity (Wildman–Crippen MR) is 108 cm³/mol. The lowest BCUT2D eigenvalue weighted by molar-refractivity contribution is 0.0759. The highest BCUT2D eigenvalue weighted by Gasteiger charge is 2.21. The van der Waals surface area contributed by atoms with Crippen LogP contribution in [0.25, 0.3) is 10.6 Å². The van der Waals surface area contributed by atoms with E-state index in [1.165, 1.54) is 0 Å². The molecule has 5 rings (SSSR count). The Balaban J connectivity index is 1.21. The van der Waals surface area contributed by atoms with Gasteiger partial charge in [-0.05, 0) is 29.6 Å². The van der Waals surface area contributed by atoms with Crippen molar-refractivity contribution in [3.8, 4) is 22.1 Å². The molecule has 0 radical (unpaired) electrons. The van der Waals surface area contributed by atoms with E-state index in [4.69, 9.17) is 9.47 Å². The summed E-state index contributed by atoms with van der Waals surface area (Å²) in [6.45, 7) is 0.951. The molecule has 29 heavy (non-hydrogen) atoms. The van der Waals surface area contributed by atoms with Crippen LogP contribution in [0.1, 0.15) is 10.5 Å². The van der Waals surface area contributed by atoms with Crippen molar-refractivity contribution in [1.29, 1.82) is 0 Å². The van der Waals surface area contributed by atoms with Crippen LogP contribution in [0.15, 0.2) is 60.2 Å². The Morgan fingerprint density at radius 1 is 1.28 bits per heavy atom. The lowest BCUT2D eigenvalue weighted by Crippen LogP contribution is -2.33. The largest absolute Gasteiger partial charge is 0.486 e. The number of carbonyl (C=O) groups excluding carboxylic acids is 1. The molecule has 0 saturated heterocycles. The zero-order chi connectivity index (χ0) is 19.6. The van der Waals surface area contributed by atoms with Gasteiger partial charge in [-0.2, -0.15) is 10.2 Å². The van der Waals surface area contributed by atoms with Gasteiger partial charge in [0.25, 0.3) is 5.91 Å². The maximum Gasteiger partial charge on any atom is 0.276 e. The van der Waals surface area contributed by atoms with Crippen LogP contribution in [0, 0.1) is 0 Å². The summed E-state index contributed by atoms with van der Waals surface area (Å²) in [4.78, 5) is 13.5. The molecule has 8 nitrogen and oxygen atoms in total. The van der Waals surface area contributed by atoms with E-state index in [1.807, 2.05) is 41.8 Å². The molecule has 3 aromatic heterocycles. The molecule has 0 unspecified atom stereocenters. The Morgan fingerprint density at radius 2 is 2.17 bits per heavy atom. The van der Waals surface area contributed by atoms with Gasteiger partial charge in [-0.3, -0.25) is 14.6 Å². The van der Waals surface area contributed by atoms with Gasteiger partial charge < -0.3 is 14.8 Å². The SMILES string of the molecule is O=C(Nc1cnn(C[C@@H]2COc3ccccc3O2)c1)c1cc(-c2cccs2)[nH]n1. The number of thiophene rings is 1. The highest BCUT2D eigenvalue weighted by Crippen LogP contribution is 2.31. The molecule has 1 amide bonds. The maximum absolute atomic E-state index is 12.5. The number of anilines is 1. The van der Waals surface area contributed by atoms with E-state index in [-0.39, 0.29) is 12.0 Å². The van der Waals surface area contributed by atoms with Crippen molar-refractivity contribution < 1.29 is 14.3 Å². The van der Waals surface area contributed by atoms with Gasteiger partial charge in [-0.15, -0.1) is 11.3 Å². The fourth-order valence-electron chi connectivity index (χ4n) is 3.08. The first-order valence-electron chi connectivity index (χ1n) is 9.06. The fraction of sp³-hybridized carbons (Fsp3) is 0.150. The highest BCUT2D eigenvalue weighted by molar-refractivity contribution is 7.13. The van der Waals surface area contributed by atoms with E-state index in [1.54, 1.807) is 34.5 Å². The summed E-state index contributed by atoms with van der Waals surface area (Å²) in [6, 6.07) is 13.2. The molecule has 0 aliphatic carbocycles. The summed E-state index contributed by atoms with van der Waals surface area (Å²) in [5.41, 5.74) is 1.73. The zero-order valence-electron chi connectivity index (χ0n) is 15.2. The lowest BCUT2D eigenvalue weighted by Gasteiger charge is -2.26. The molecule has 1 atom stereocenters. The van der Waals surface area contributed by atoms with Crippen molar-refractivity contribution in [2.75, 3.05) is 11.9 Å².